The highest BCUT2D eigenvalue weighted by Crippen LogP contribution is 2.20. The molecule has 0 aliphatic carbocycles. The number of nitrogens with one attached hydrogen (secondary N) is 1. The summed E-state index contributed by atoms with van der Waals surface area (Å²) in [6, 6.07) is 12.2. The van der Waals surface area contributed by atoms with Gasteiger partial charge in [-0.15, -0.1) is 0 Å². The molecule has 0 radical (unpaired) electrons. The summed E-state index contributed by atoms with van der Waals surface area (Å²) >= 11 is 0. The molecule has 3 nitrogen and oxygen atoms in total. The molecular formula is C14H17N3. The quantitative estimate of drug-likeness (QED) is 0.843. The normalized spacial score (nSPS) is 12.1. The van der Waals surface area contributed by atoms with Crippen molar-refractivity contribution in [3.8, 4) is 0 Å². The Bertz CT molecular complexity index is 468. The number of aromatic nitrogens is 1. The first-order valence-electron chi connectivity index (χ1n) is 5.73. The Morgan fingerprint density at radius 2 is 2.00 bits per heavy atom. The molecule has 1 heterocycles. The molecule has 0 fully saturated rings. The second-order valence-electron chi connectivity index (χ2n) is 4.03. The van der Waals surface area contributed by atoms with Crippen LogP contribution in [0, 0.1) is 6.92 Å². The van der Waals surface area contributed by atoms with E-state index in [1.807, 2.05) is 42.6 Å². The van der Waals surface area contributed by atoms with Crippen LogP contribution in [-0.4, -0.2) is 11.5 Å². The van der Waals surface area contributed by atoms with Gasteiger partial charge in [-0.25, -0.2) is 0 Å². The molecule has 0 bridgehead atoms. The Balaban J connectivity index is 2.21. The van der Waals surface area contributed by atoms with Crippen molar-refractivity contribution >= 4 is 5.69 Å². The van der Waals surface area contributed by atoms with Crippen molar-refractivity contribution in [2.45, 2.75) is 13.0 Å². The third kappa shape index (κ3) is 2.82. The van der Waals surface area contributed by atoms with Crippen molar-refractivity contribution in [1.82, 2.24) is 4.98 Å². The lowest BCUT2D eigenvalue weighted by atomic mass is 10.0. The second-order valence-corrected chi connectivity index (χ2v) is 4.03. The van der Waals surface area contributed by atoms with Crippen LogP contribution in [0.25, 0.3) is 0 Å². The molecule has 0 saturated carbocycles. The number of nitrogens with two attached hydrogens (primary N) is 1. The van der Waals surface area contributed by atoms with E-state index >= 15 is 0 Å². The van der Waals surface area contributed by atoms with Gasteiger partial charge < -0.3 is 11.1 Å². The van der Waals surface area contributed by atoms with Gasteiger partial charge in [0.05, 0.1) is 6.04 Å². The van der Waals surface area contributed by atoms with Gasteiger partial charge in [0.2, 0.25) is 0 Å². The van der Waals surface area contributed by atoms with Gasteiger partial charge in [-0.2, -0.15) is 0 Å². The molecule has 2 rings (SSSR count). The van der Waals surface area contributed by atoms with Gasteiger partial charge in [0.15, 0.2) is 0 Å². The van der Waals surface area contributed by atoms with Gasteiger partial charge in [0.25, 0.3) is 0 Å². The molecule has 1 unspecified atom stereocenters. The molecule has 3 N–H and O–H groups in total. The van der Waals surface area contributed by atoms with Crippen molar-refractivity contribution in [3.63, 3.8) is 0 Å². The van der Waals surface area contributed by atoms with Crippen LogP contribution in [0.4, 0.5) is 5.69 Å². The molecule has 0 amide bonds. The van der Waals surface area contributed by atoms with Crippen molar-refractivity contribution in [3.05, 3.63) is 59.9 Å². The Morgan fingerprint density at radius 3 is 2.65 bits per heavy atom. The van der Waals surface area contributed by atoms with E-state index in [1.165, 1.54) is 5.56 Å². The molecule has 0 aliphatic heterocycles. The van der Waals surface area contributed by atoms with E-state index in [0.29, 0.717) is 6.54 Å². The van der Waals surface area contributed by atoms with E-state index < -0.39 is 0 Å². The summed E-state index contributed by atoms with van der Waals surface area (Å²) in [5, 5.41) is 3.42. The summed E-state index contributed by atoms with van der Waals surface area (Å²) in [5.41, 5.74) is 9.27. The van der Waals surface area contributed by atoms with Crippen LogP contribution in [0.2, 0.25) is 0 Å². The van der Waals surface area contributed by atoms with Crippen molar-refractivity contribution in [1.29, 1.82) is 0 Å². The number of nitrogens with zero attached hydrogens (tertiary/aromatic N) is 1. The number of pyridine rings is 1. The van der Waals surface area contributed by atoms with Crippen LogP contribution >= 0.6 is 0 Å². The number of anilines is 1. The SMILES string of the molecule is Cc1ccncc1C(CN)Nc1ccccc1. The number of hydrogen-bond donors (Lipinski definition) is 2. The van der Waals surface area contributed by atoms with Gasteiger partial charge in [0, 0.05) is 24.6 Å². The standard InChI is InChI=1S/C14H17N3/c1-11-7-8-16-10-13(11)14(9-15)17-12-5-3-2-4-6-12/h2-8,10,14,17H,9,15H2,1H3. The van der Waals surface area contributed by atoms with Crippen LogP contribution < -0.4 is 11.1 Å². The minimum atomic E-state index is 0.103. The smallest absolute Gasteiger partial charge is 0.0653 e. The van der Waals surface area contributed by atoms with E-state index in [9.17, 15) is 0 Å². The van der Waals surface area contributed by atoms with Crippen molar-refractivity contribution in [2.24, 2.45) is 5.73 Å². The van der Waals surface area contributed by atoms with E-state index in [-0.39, 0.29) is 6.04 Å². The lowest BCUT2D eigenvalue weighted by molar-refractivity contribution is 0.778. The zero-order valence-corrected chi connectivity index (χ0v) is 9.93. The maximum Gasteiger partial charge on any atom is 0.0653 e. The van der Waals surface area contributed by atoms with Crippen molar-refractivity contribution in [2.75, 3.05) is 11.9 Å². The Kier molecular flexibility index (Phi) is 3.73. The molecule has 0 spiro atoms. The van der Waals surface area contributed by atoms with Crippen molar-refractivity contribution < 1.29 is 0 Å². The molecule has 1 aromatic heterocycles. The van der Waals surface area contributed by atoms with Gasteiger partial charge in [-0.05, 0) is 36.2 Å². The summed E-state index contributed by atoms with van der Waals surface area (Å²) in [6.45, 7) is 2.62. The maximum atomic E-state index is 5.83. The summed E-state index contributed by atoms with van der Waals surface area (Å²) < 4.78 is 0. The Morgan fingerprint density at radius 1 is 1.24 bits per heavy atom. The minimum absolute atomic E-state index is 0.103. The number of benzene rings is 1. The molecule has 0 saturated heterocycles. The number of aryl methyl sites for hydroxylation is 1. The molecule has 0 aliphatic rings. The predicted molar refractivity (Wildman–Crippen MR) is 70.8 cm³/mol. The van der Waals surface area contributed by atoms with Gasteiger partial charge in [-0.1, -0.05) is 18.2 Å². The van der Waals surface area contributed by atoms with E-state index in [1.54, 1.807) is 6.20 Å². The largest absolute Gasteiger partial charge is 0.377 e. The minimum Gasteiger partial charge on any atom is -0.377 e. The van der Waals surface area contributed by atoms with Crippen LogP contribution in [0.15, 0.2) is 48.8 Å². The fraction of sp³-hybridized carbons (Fsp3) is 0.214. The second kappa shape index (κ2) is 5.46. The average Bonchev–Trinajstić information content (AvgIpc) is 2.38. The molecule has 3 heteroatoms. The monoisotopic (exact) mass is 227 g/mol. The zero-order valence-electron chi connectivity index (χ0n) is 9.93. The summed E-state index contributed by atoms with van der Waals surface area (Å²) in [7, 11) is 0. The van der Waals surface area contributed by atoms with E-state index in [0.717, 1.165) is 11.3 Å². The molecule has 88 valence electrons. The van der Waals surface area contributed by atoms with E-state index in [4.69, 9.17) is 5.73 Å². The summed E-state index contributed by atoms with van der Waals surface area (Å²) in [5.74, 6) is 0. The average molecular weight is 227 g/mol. The highest BCUT2D eigenvalue weighted by atomic mass is 14.9. The number of hydrogen-bond acceptors (Lipinski definition) is 3. The number of rotatable bonds is 4. The first-order chi connectivity index (χ1) is 8.31. The van der Waals surface area contributed by atoms with Gasteiger partial charge in [0.1, 0.15) is 0 Å². The first kappa shape index (κ1) is 11.6. The summed E-state index contributed by atoms with van der Waals surface area (Å²) in [4.78, 5) is 4.16. The predicted octanol–water partition coefficient (Wildman–Crippen LogP) is 2.50. The molecular weight excluding hydrogens is 210 g/mol. The third-order valence-corrected chi connectivity index (χ3v) is 2.81. The van der Waals surface area contributed by atoms with Crippen LogP contribution in [0.1, 0.15) is 17.2 Å². The lowest BCUT2D eigenvalue weighted by Gasteiger charge is -2.19. The molecule has 1 aromatic carbocycles. The van der Waals surface area contributed by atoms with Gasteiger partial charge in [-0.3, -0.25) is 4.98 Å². The highest BCUT2D eigenvalue weighted by molar-refractivity contribution is 5.45. The fourth-order valence-electron chi connectivity index (χ4n) is 1.84. The lowest BCUT2D eigenvalue weighted by Crippen LogP contribution is -2.21. The third-order valence-electron chi connectivity index (χ3n) is 2.81. The Labute approximate surface area is 102 Å². The highest BCUT2D eigenvalue weighted by Gasteiger charge is 2.11. The Hall–Kier alpha value is -1.87. The maximum absolute atomic E-state index is 5.83. The molecule has 2 aromatic rings. The topological polar surface area (TPSA) is 50.9 Å². The van der Waals surface area contributed by atoms with E-state index in [2.05, 4.69) is 17.2 Å². The zero-order chi connectivity index (χ0) is 12.1. The molecule has 17 heavy (non-hydrogen) atoms. The molecule has 1 atom stereocenters. The summed E-state index contributed by atoms with van der Waals surface area (Å²) in [6.07, 6.45) is 3.68. The number of para-hydroxylation sites is 1. The first-order valence-corrected chi connectivity index (χ1v) is 5.73. The van der Waals surface area contributed by atoms with Crippen LogP contribution in [-0.2, 0) is 0 Å². The van der Waals surface area contributed by atoms with Crippen LogP contribution in [0.3, 0.4) is 0 Å². The fourth-order valence-corrected chi connectivity index (χ4v) is 1.84. The van der Waals surface area contributed by atoms with Gasteiger partial charge >= 0.3 is 0 Å². The van der Waals surface area contributed by atoms with Crippen LogP contribution in [0.5, 0.6) is 0 Å².